The lowest BCUT2D eigenvalue weighted by Crippen LogP contribution is -2.38. The Kier molecular flexibility index (Phi) is 15.7. The quantitative estimate of drug-likeness (QED) is 0.190. The number of benzene rings is 1. The van der Waals surface area contributed by atoms with Gasteiger partial charge in [0, 0.05) is 32.0 Å². The van der Waals surface area contributed by atoms with Crippen molar-refractivity contribution < 1.29 is 14.3 Å². The van der Waals surface area contributed by atoms with Crippen molar-refractivity contribution in [2.24, 2.45) is 4.99 Å². The van der Waals surface area contributed by atoms with Crippen LogP contribution in [0.2, 0.25) is 0 Å². The second kappa shape index (κ2) is 16.6. The molecule has 0 aliphatic heterocycles. The van der Waals surface area contributed by atoms with E-state index in [0.29, 0.717) is 12.2 Å². The van der Waals surface area contributed by atoms with Crippen molar-refractivity contribution in [3.05, 3.63) is 29.8 Å². The Morgan fingerprint density at radius 3 is 2.41 bits per heavy atom. The van der Waals surface area contributed by atoms with Crippen molar-refractivity contribution in [2.45, 2.75) is 39.7 Å². The van der Waals surface area contributed by atoms with E-state index in [0.717, 1.165) is 57.1 Å². The highest BCUT2D eigenvalue weighted by molar-refractivity contribution is 14.0. The third-order valence-electron chi connectivity index (χ3n) is 3.55. The fraction of sp³-hybridized carbons (Fsp3) is 0.579. The first-order valence-corrected chi connectivity index (χ1v) is 9.23. The molecule has 1 amide bonds. The minimum atomic E-state index is -0.479. The number of guanidine groups is 1. The Morgan fingerprint density at radius 2 is 1.78 bits per heavy atom. The maximum Gasteiger partial charge on any atom is 0.411 e. The second-order valence-electron chi connectivity index (χ2n) is 5.75. The van der Waals surface area contributed by atoms with Gasteiger partial charge >= 0.3 is 6.09 Å². The fourth-order valence-electron chi connectivity index (χ4n) is 2.10. The summed E-state index contributed by atoms with van der Waals surface area (Å²) in [7, 11) is 1.34. The lowest BCUT2D eigenvalue weighted by molar-refractivity contribution is 0.129. The maximum absolute atomic E-state index is 11.2. The van der Waals surface area contributed by atoms with E-state index >= 15 is 0 Å². The molecule has 1 rings (SSSR count). The van der Waals surface area contributed by atoms with E-state index < -0.39 is 6.09 Å². The van der Waals surface area contributed by atoms with Crippen molar-refractivity contribution in [3.63, 3.8) is 0 Å². The summed E-state index contributed by atoms with van der Waals surface area (Å²) in [5.74, 6) is 0.790. The Hall–Kier alpha value is -1.55. The molecule has 0 bridgehead atoms. The number of hydrogen-bond acceptors (Lipinski definition) is 4. The molecule has 0 saturated heterocycles. The SMILES string of the molecule is CCCCOCCCNC(=NCc1ccc(NC(=O)OC)cc1)NCC.I. The van der Waals surface area contributed by atoms with Crippen LogP contribution in [0.3, 0.4) is 0 Å². The maximum atomic E-state index is 11.2. The monoisotopic (exact) mass is 492 g/mol. The molecular weight excluding hydrogens is 459 g/mol. The molecule has 0 aromatic heterocycles. The normalized spacial score (nSPS) is 10.7. The van der Waals surface area contributed by atoms with Crippen LogP contribution in [-0.4, -0.2) is 45.5 Å². The second-order valence-corrected chi connectivity index (χ2v) is 5.75. The first-order chi connectivity index (χ1) is 12.7. The highest BCUT2D eigenvalue weighted by Crippen LogP contribution is 2.10. The van der Waals surface area contributed by atoms with Crippen molar-refractivity contribution in [2.75, 3.05) is 38.7 Å². The molecule has 7 nitrogen and oxygen atoms in total. The topological polar surface area (TPSA) is 84.0 Å². The van der Waals surface area contributed by atoms with Crippen LogP contribution in [-0.2, 0) is 16.0 Å². The van der Waals surface area contributed by atoms with Gasteiger partial charge in [-0.2, -0.15) is 0 Å². The minimum absolute atomic E-state index is 0. The van der Waals surface area contributed by atoms with E-state index in [2.05, 4.69) is 32.6 Å². The summed E-state index contributed by atoms with van der Waals surface area (Å²) in [5.41, 5.74) is 1.75. The molecule has 0 aliphatic carbocycles. The molecule has 0 aliphatic rings. The van der Waals surface area contributed by atoms with E-state index in [1.54, 1.807) is 0 Å². The number of aliphatic imine (C=N–C) groups is 1. The number of hydrogen-bond donors (Lipinski definition) is 3. The number of carbonyl (C=O) groups excluding carboxylic acids is 1. The summed E-state index contributed by atoms with van der Waals surface area (Å²) in [6, 6.07) is 7.52. The van der Waals surface area contributed by atoms with E-state index in [-0.39, 0.29) is 24.0 Å². The summed E-state index contributed by atoms with van der Waals surface area (Å²) in [6.45, 7) is 7.99. The van der Waals surface area contributed by atoms with Gasteiger partial charge in [-0.05, 0) is 37.5 Å². The lowest BCUT2D eigenvalue weighted by atomic mass is 10.2. The standard InChI is InChI=1S/C19H32N4O3.HI/c1-4-6-13-26-14-7-12-21-18(20-5-2)22-15-16-8-10-17(11-9-16)23-19(24)25-3;/h8-11H,4-7,12-15H2,1-3H3,(H,23,24)(H2,20,21,22);1H. The highest BCUT2D eigenvalue weighted by atomic mass is 127. The van der Waals surface area contributed by atoms with Crippen LogP contribution in [0.15, 0.2) is 29.3 Å². The molecule has 0 unspecified atom stereocenters. The molecule has 1 aromatic rings. The number of rotatable bonds is 11. The first-order valence-electron chi connectivity index (χ1n) is 9.23. The summed E-state index contributed by atoms with van der Waals surface area (Å²) in [5, 5.41) is 9.17. The van der Waals surface area contributed by atoms with Gasteiger partial charge in [0.1, 0.15) is 0 Å². The molecule has 0 atom stereocenters. The number of anilines is 1. The molecule has 0 radical (unpaired) electrons. The summed E-state index contributed by atoms with van der Waals surface area (Å²) in [4.78, 5) is 15.8. The van der Waals surface area contributed by atoms with E-state index in [4.69, 9.17) is 4.74 Å². The number of carbonyl (C=O) groups is 1. The molecule has 154 valence electrons. The molecule has 1 aromatic carbocycles. The Bertz CT molecular complexity index is 538. The van der Waals surface area contributed by atoms with Gasteiger partial charge < -0.3 is 20.1 Å². The summed E-state index contributed by atoms with van der Waals surface area (Å²) in [6.07, 6.45) is 2.75. The number of amides is 1. The van der Waals surface area contributed by atoms with E-state index in [9.17, 15) is 4.79 Å². The number of nitrogens with zero attached hydrogens (tertiary/aromatic N) is 1. The number of methoxy groups -OCH3 is 1. The smallest absolute Gasteiger partial charge is 0.411 e. The van der Waals surface area contributed by atoms with Crippen LogP contribution in [0.5, 0.6) is 0 Å². The Morgan fingerprint density at radius 1 is 1.07 bits per heavy atom. The fourth-order valence-corrected chi connectivity index (χ4v) is 2.10. The zero-order chi connectivity index (χ0) is 19.0. The molecule has 0 spiro atoms. The van der Waals surface area contributed by atoms with Gasteiger partial charge in [0.15, 0.2) is 5.96 Å². The predicted molar refractivity (Wildman–Crippen MR) is 121 cm³/mol. The van der Waals surface area contributed by atoms with Gasteiger partial charge in [-0.25, -0.2) is 9.79 Å². The predicted octanol–water partition coefficient (Wildman–Crippen LogP) is 3.74. The lowest BCUT2D eigenvalue weighted by Gasteiger charge is -2.11. The van der Waals surface area contributed by atoms with Crippen LogP contribution >= 0.6 is 24.0 Å². The number of halogens is 1. The van der Waals surface area contributed by atoms with Crippen molar-refractivity contribution in [1.29, 1.82) is 0 Å². The van der Waals surface area contributed by atoms with Crippen LogP contribution in [0.1, 0.15) is 38.7 Å². The van der Waals surface area contributed by atoms with Gasteiger partial charge in [-0.1, -0.05) is 25.5 Å². The third kappa shape index (κ3) is 12.5. The summed E-state index contributed by atoms with van der Waals surface area (Å²) < 4.78 is 10.1. The van der Waals surface area contributed by atoms with Gasteiger partial charge in [0.05, 0.1) is 13.7 Å². The molecule has 0 heterocycles. The largest absolute Gasteiger partial charge is 0.453 e. The molecule has 8 heteroatoms. The summed E-state index contributed by atoms with van der Waals surface area (Å²) >= 11 is 0. The van der Waals surface area contributed by atoms with Gasteiger partial charge in [-0.3, -0.25) is 5.32 Å². The molecular formula is C19H33IN4O3. The van der Waals surface area contributed by atoms with Crippen molar-refractivity contribution in [1.82, 2.24) is 10.6 Å². The van der Waals surface area contributed by atoms with Gasteiger partial charge in [0.2, 0.25) is 0 Å². The van der Waals surface area contributed by atoms with Crippen LogP contribution in [0, 0.1) is 0 Å². The Labute approximate surface area is 179 Å². The van der Waals surface area contributed by atoms with Gasteiger partial charge in [-0.15, -0.1) is 24.0 Å². The zero-order valence-electron chi connectivity index (χ0n) is 16.5. The van der Waals surface area contributed by atoms with Crippen molar-refractivity contribution >= 4 is 41.7 Å². The number of nitrogens with one attached hydrogen (secondary N) is 3. The van der Waals surface area contributed by atoms with E-state index in [1.165, 1.54) is 7.11 Å². The average molecular weight is 492 g/mol. The first kappa shape index (κ1) is 25.4. The van der Waals surface area contributed by atoms with Crippen LogP contribution < -0.4 is 16.0 Å². The molecule has 0 saturated carbocycles. The average Bonchev–Trinajstić information content (AvgIpc) is 2.66. The minimum Gasteiger partial charge on any atom is -0.453 e. The highest BCUT2D eigenvalue weighted by Gasteiger charge is 2.01. The molecule has 3 N–H and O–H groups in total. The number of ether oxygens (including phenoxy) is 2. The van der Waals surface area contributed by atoms with E-state index in [1.807, 2.05) is 31.2 Å². The molecule has 0 fully saturated rings. The molecule has 27 heavy (non-hydrogen) atoms. The number of unbranched alkanes of at least 4 members (excludes halogenated alkanes) is 1. The van der Waals surface area contributed by atoms with Crippen LogP contribution in [0.25, 0.3) is 0 Å². The van der Waals surface area contributed by atoms with Gasteiger partial charge in [0.25, 0.3) is 0 Å². The Balaban J connectivity index is 0.00000676. The van der Waals surface area contributed by atoms with Crippen molar-refractivity contribution in [3.8, 4) is 0 Å². The zero-order valence-corrected chi connectivity index (χ0v) is 18.9. The van der Waals surface area contributed by atoms with Crippen LogP contribution in [0.4, 0.5) is 10.5 Å². The third-order valence-corrected chi connectivity index (χ3v) is 3.55.